The van der Waals surface area contributed by atoms with Crippen molar-refractivity contribution < 1.29 is 22.4 Å². The normalized spacial score (nSPS) is 14.6. The molecule has 1 saturated heterocycles. The number of carbonyl (C=O) groups is 1. The molecule has 192 valence electrons. The second kappa shape index (κ2) is 10.9. The molecule has 8 nitrogen and oxygen atoms in total. The molecule has 12 heteroatoms. The van der Waals surface area contributed by atoms with Gasteiger partial charge >= 0.3 is 6.18 Å². The number of nitrogen functional groups attached to an aromatic ring is 1. The minimum Gasteiger partial charge on any atom is -0.382 e. The molecule has 1 amide bonds. The Kier molecular flexibility index (Phi) is 7.66. The fourth-order valence-corrected chi connectivity index (χ4v) is 3.70. The summed E-state index contributed by atoms with van der Waals surface area (Å²) in [6, 6.07) is 4.84. The largest absolute Gasteiger partial charge is 0.416 e. The molecule has 1 aliphatic rings. The van der Waals surface area contributed by atoms with Crippen molar-refractivity contribution >= 4 is 17.4 Å². The molecule has 0 spiro atoms. The van der Waals surface area contributed by atoms with E-state index in [2.05, 4.69) is 37.0 Å². The summed E-state index contributed by atoms with van der Waals surface area (Å²) in [4.78, 5) is 28.1. The zero-order valence-electron chi connectivity index (χ0n) is 19.8. The summed E-state index contributed by atoms with van der Waals surface area (Å²) in [5, 5.41) is 2.43. The van der Waals surface area contributed by atoms with Crippen LogP contribution >= 0.6 is 0 Å². The third-order valence-corrected chi connectivity index (χ3v) is 5.76. The summed E-state index contributed by atoms with van der Waals surface area (Å²) >= 11 is 0. The lowest BCUT2D eigenvalue weighted by molar-refractivity contribution is -0.138. The van der Waals surface area contributed by atoms with Crippen molar-refractivity contribution in [2.45, 2.75) is 12.7 Å². The molecule has 3 N–H and O–H groups in total. The van der Waals surface area contributed by atoms with Crippen LogP contribution in [0.5, 0.6) is 0 Å². The predicted octanol–water partition coefficient (Wildman–Crippen LogP) is 3.01. The number of anilines is 2. The minimum absolute atomic E-state index is 0.0476. The van der Waals surface area contributed by atoms with Gasteiger partial charge in [0.15, 0.2) is 0 Å². The number of benzene rings is 1. The van der Waals surface area contributed by atoms with E-state index in [0.717, 1.165) is 31.4 Å². The molecular formula is C25H23F4N7O. The number of carbonyl (C=O) groups excluding carboxylic acids is 1. The van der Waals surface area contributed by atoms with E-state index >= 15 is 0 Å². The van der Waals surface area contributed by atoms with E-state index in [1.807, 2.05) is 11.9 Å². The number of piperazine rings is 1. The van der Waals surface area contributed by atoms with Crippen molar-refractivity contribution in [1.29, 1.82) is 0 Å². The van der Waals surface area contributed by atoms with Crippen LogP contribution in [0.4, 0.5) is 29.1 Å². The molecule has 1 fully saturated rings. The predicted molar refractivity (Wildman–Crippen MR) is 129 cm³/mol. The third-order valence-electron chi connectivity index (χ3n) is 5.76. The summed E-state index contributed by atoms with van der Waals surface area (Å²) in [5.41, 5.74) is 4.67. The molecule has 0 aliphatic carbocycles. The second-order valence-corrected chi connectivity index (χ2v) is 8.54. The molecule has 3 aromatic rings. The van der Waals surface area contributed by atoms with Crippen LogP contribution in [0, 0.1) is 17.8 Å². The first kappa shape index (κ1) is 26.0. The van der Waals surface area contributed by atoms with Crippen molar-refractivity contribution in [1.82, 2.24) is 24.8 Å². The molecule has 0 atom stereocenters. The standard InChI is InChI=1S/C25H23F4N7O/c1-35-6-8-36(9-7-35)15-17-3-4-19(11-21(17)25(27,28)29)34-24(37)18-10-16(23(26)33-12-18)2-5-20-13-32-22(30)14-31-20/h3-4,10-14H,6-9,15H2,1H3,(H2,30,32)(H,34,37). The van der Waals surface area contributed by atoms with Gasteiger partial charge in [0.1, 0.15) is 11.5 Å². The number of alkyl halides is 3. The Labute approximate surface area is 210 Å². The van der Waals surface area contributed by atoms with Crippen LogP contribution in [0.2, 0.25) is 0 Å². The first-order valence-electron chi connectivity index (χ1n) is 11.3. The van der Waals surface area contributed by atoms with E-state index in [4.69, 9.17) is 5.73 Å². The highest BCUT2D eigenvalue weighted by Gasteiger charge is 2.34. The summed E-state index contributed by atoms with van der Waals surface area (Å²) < 4.78 is 55.6. The maximum absolute atomic E-state index is 14.1. The monoisotopic (exact) mass is 513 g/mol. The van der Waals surface area contributed by atoms with Crippen molar-refractivity contribution in [2.24, 2.45) is 0 Å². The van der Waals surface area contributed by atoms with Crippen LogP contribution in [0.15, 0.2) is 42.9 Å². The number of hydrogen-bond donors (Lipinski definition) is 2. The summed E-state index contributed by atoms with van der Waals surface area (Å²) in [5.74, 6) is 3.62. The molecule has 0 bridgehead atoms. The number of aromatic nitrogens is 3. The van der Waals surface area contributed by atoms with Gasteiger partial charge in [0.05, 0.1) is 29.1 Å². The molecule has 0 unspecified atom stereocenters. The fourth-order valence-electron chi connectivity index (χ4n) is 3.70. The number of nitrogens with one attached hydrogen (secondary N) is 1. The number of nitrogens with two attached hydrogens (primary N) is 1. The van der Waals surface area contributed by atoms with Crippen molar-refractivity contribution in [2.75, 3.05) is 44.3 Å². The van der Waals surface area contributed by atoms with Crippen LogP contribution in [-0.2, 0) is 12.7 Å². The Hall–Kier alpha value is -4.08. The summed E-state index contributed by atoms with van der Waals surface area (Å²) in [6.45, 7) is 3.04. The highest BCUT2D eigenvalue weighted by Crippen LogP contribution is 2.34. The number of rotatable bonds is 4. The van der Waals surface area contributed by atoms with Crippen molar-refractivity contribution in [3.63, 3.8) is 0 Å². The van der Waals surface area contributed by atoms with Crippen LogP contribution in [0.25, 0.3) is 0 Å². The molecule has 0 radical (unpaired) electrons. The molecule has 1 aliphatic heterocycles. The Morgan fingerprint density at radius 2 is 1.81 bits per heavy atom. The quantitative estimate of drug-likeness (QED) is 0.314. The van der Waals surface area contributed by atoms with E-state index in [0.29, 0.717) is 13.1 Å². The van der Waals surface area contributed by atoms with Gasteiger partial charge in [0.25, 0.3) is 5.91 Å². The van der Waals surface area contributed by atoms with Gasteiger partial charge < -0.3 is 16.0 Å². The molecule has 37 heavy (non-hydrogen) atoms. The summed E-state index contributed by atoms with van der Waals surface area (Å²) in [7, 11) is 1.97. The van der Waals surface area contributed by atoms with E-state index in [9.17, 15) is 22.4 Å². The van der Waals surface area contributed by atoms with Crippen LogP contribution < -0.4 is 11.1 Å². The van der Waals surface area contributed by atoms with E-state index in [1.165, 1.54) is 24.5 Å². The molecule has 2 aromatic heterocycles. The Morgan fingerprint density at radius 3 is 2.49 bits per heavy atom. The smallest absolute Gasteiger partial charge is 0.382 e. The van der Waals surface area contributed by atoms with Gasteiger partial charge in [-0.05, 0) is 36.7 Å². The number of nitrogens with zero attached hydrogens (tertiary/aromatic N) is 5. The number of hydrogen-bond acceptors (Lipinski definition) is 7. The average Bonchev–Trinajstić information content (AvgIpc) is 2.86. The van der Waals surface area contributed by atoms with Gasteiger partial charge in [-0.3, -0.25) is 9.69 Å². The highest BCUT2D eigenvalue weighted by atomic mass is 19.4. The zero-order valence-corrected chi connectivity index (χ0v) is 19.8. The molecule has 4 rings (SSSR count). The van der Waals surface area contributed by atoms with Gasteiger partial charge in [0, 0.05) is 44.6 Å². The van der Waals surface area contributed by atoms with Crippen molar-refractivity contribution in [3.05, 3.63) is 76.8 Å². The Balaban J connectivity index is 1.52. The fraction of sp³-hybridized carbons (Fsp3) is 0.280. The van der Waals surface area contributed by atoms with Gasteiger partial charge in [0.2, 0.25) is 5.95 Å². The first-order valence-corrected chi connectivity index (χ1v) is 11.3. The number of amides is 1. The van der Waals surface area contributed by atoms with Gasteiger partial charge in [-0.2, -0.15) is 17.6 Å². The maximum Gasteiger partial charge on any atom is 0.416 e. The number of pyridine rings is 1. The lowest BCUT2D eigenvalue weighted by Crippen LogP contribution is -2.44. The Bertz CT molecular complexity index is 1340. The van der Waals surface area contributed by atoms with E-state index in [-0.39, 0.29) is 40.4 Å². The maximum atomic E-state index is 14.1. The van der Waals surface area contributed by atoms with Crippen LogP contribution in [0.3, 0.4) is 0 Å². The lowest BCUT2D eigenvalue weighted by Gasteiger charge is -2.33. The van der Waals surface area contributed by atoms with Crippen molar-refractivity contribution in [3.8, 4) is 11.8 Å². The summed E-state index contributed by atoms with van der Waals surface area (Å²) in [6.07, 6.45) is -1.04. The SMILES string of the molecule is CN1CCN(Cc2ccc(NC(=O)c3cnc(F)c(C#Cc4cnc(N)cn4)c3)cc2C(F)(F)F)CC1. The molecule has 0 saturated carbocycles. The number of likely N-dealkylation sites (N-methyl/N-ethyl adjacent to an activating group) is 1. The lowest BCUT2D eigenvalue weighted by atomic mass is 10.0. The second-order valence-electron chi connectivity index (χ2n) is 8.54. The van der Waals surface area contributed by atoms with Crippen LogP contribution in [-0.4, -0.2) is 63.9 Å². The van der Waals surface area contributed by atoms with Gasteiger partial charge in [-0.25, -0.2) is 15.0 Å². The topological polar surface area (TPSA) is 100 Å². The first-order chi connectivity index (χ1) is 17.6. The van der Waals surface area contributed by atoms with Gasteiger partial charge in [-0.1, -0.05) is 12.0 Å². The average molecular weight is 513 g/mol. The number of halogens is 4. The zero-order chi connectivity index (χ0) is 26.6. The highest BCUT2D eigenvalue weighted by molar-refractivity contribution is 6.04. The molecule has 3 heterocycles. The molecular weight excluding hydrogens is 490 g/mol. The minimum atomic E-state index is -4.60. The Morgan fingerprint density at radius 1 is 1.05 bits per heavy atom. The van der Waals surface area contributed by atoms with E-state index in [1.54, 1.807) is 0 Å². The molecule has 1 aromatic carbocycles. The van der Waals surface area contributed by atoms with Gasteiger partial charge in [-0.15, -0.1) is 0 Å². The third kappa shape index (κ3) is 6.78. The van der Waals surface area contributed by atoms with Crippen LogP contribution in [0.1, 0.15) is 32.7 Å². The van der Waals surface area contributed by atoms with E-state index < -0.39 is 23.6 Å².